The quantitative estimate of drug-likeness (QED) is 0.576. The Morgan fingerprint density at radius 1 is 1.07 bits per heavy atom. The Bertz CT molecular complexity index is 1010. The van der Waals surface area contributed by atoms with Crippen LogP contribution in [0.1, 0.15) is 47.8 Å². The van der Waals surface area contributed by atoms with Crippen molar-refractivity contribution < 1.29 is 9.53 Å². The van der Waals surface area contributed by atoms with Crippen LogP contribution in [0.5, 0.6) is 5.75 Å². The molecular formula is C23H24Cl2N2O2. The Labute approximate surface area is 182 Å². The minimum absolute atomic E-state index is 0.0988. The van der Waals surface area contributed by atoms with Gasteiger partial charge in [-0.2, -0.15) is 5.26 Å². The van der Waals surface area contributed by atoms with E-state index in [1.807, 2.05) is 52.8 Å². The molecule has 0 atom stereocenters. The number of nitrogens with one attached hydrogen (secondary N) is 1. The molecule has 2 rings (SSSR count). The number of benzene rings is 2. The number of nitrogens with zero attached hydrogens (tertiary/aromatic N) is 1. The molecule has 1 amide bonds. The van der Waals surface area contributed by atoms with E-state index in [0.717, 1.165) is 16.7 Å². The summed E-state index contributed by atoms with van der Waals surface area (Å²) in [7, 11) is 1.47. The number of hydrogen-bond donors (Lipinski definition) is 1. The highest BCUT2D eigenvalue weighted by molar-refractivity contribution is 6.44. The van der Waals surface area contributed by atoms with Crippen molar-refractivity contribution in [1.29, 1.82) is 5.26 Å². The minimum atomic E-state index is -0.499. The van der Waals surface area contributed by atoms with Gasteiger partial charge in [0.15, 0.2) is 0 Å². The van der Waals surface area contributed by atoms with Crippen molar-refractivity contribution in [3.63, 3.8) is 0 Å². The van der Waals surface area contributed by atoms with Gasteiger partial charge in [0.1, 0.15) is 16.8 Å². The topological polar surface area (TPSA) is 62.1 Å². The summed E-state index contributed by atoms with van der Waals surface area (Å²) >= 11 is 12.5. The van der Waals surface area contributed by atoms with Crippen LogP contribution >= 0.6 is 23.2 Å². The normalized spacial score (nSPS) is 12.1. The maximum atomic E-state index is 13.0. The summed E-state index contributed by atoms with van der Waals surface area (Å²) in [4.78, 5) is 13.0. The number of halogens is 2. The lowest BCUT2D eigenvalue weighted by molar-refractivity contribution is 0.0958. The Balaban J connectivity index is 2.60. The number of methoxy groups -OCH3 is 1. The summed E-state index contributed by atoms with van der Waals surface area (Å²) in [5.41, 5.74) is 3.47. The summed E-state index contributed by atoms with van der Waals surface area (Å²) in [6, 6.07) is 11.3. The van der Waals surface area contributed by atoms with E-state index in [1.165, 1.54) is 7.11 Å². The maximum absolute atomic E-state index is 13.0. The van der Waals surface area contributed by atoms with Crippen molar-refractivity contribution in [1.82, 2.24) is 5.32 Å². The molecule has 1 N–H and O–H groups in total. The molecular weight excluding hydrogens is 407 g/mol. The van der Waals surface area contributed by atoms with Crippen molar-refractivity contribution in [2.75, 3.05) is 7.11 Å². The van der Waals surface area contributed by atoms with Gasteiger partial charge in [0.2, 0.25) is 0 Å². The molecule has 0 radical (unpaired) electrons. The third kappa shape index (κ3) is 5.12. The third-order valence-electron chi connectivity index (χ3n) is 4.37. The fourth-order valence-electron chi connectivity index (χ4n) is 3.05. The van der Waals surface area contributed by atoms with E-state index in [4.69, 9.17) is 27.9 Å². The highest BCUT2D eigenvalue weighted by Gasteiger charge is 2.26. The lowest BCUT2D eigenvalue weighted by Crippen LogP contribution is -2.31. The van der Waals surface area contributed by atoms with E-state index in [2.05, 4.69) is 11.4 Å². The average molecular weight is 431 g/mol. The molecule has 0 fully saturated rings. The predicted molar refractivity (Wildman–Crippen MR) is 118 cm³/mol. The van der Waals surface area contributed by atoms with Gasteiger partial charge in [0.25, 0.3) is 5.91 Å². The number of carbonyl (C=O) groups excluding carboxylic acids is 1. The van der Waals surface area contributed by atoms with Crippen molar-refractivity contribution in [2.24, 2.45) is 5.41 Å². The van der Waals surface area contributed by atoms with Crippen molar-refractivity contribution >= 4 is 34.7 Å². The number of ether oxygens (including phenoxy) is 1. The molecule has 2 aromatic rings. The van der Waals surface area contributed by atoms with Crippen LogP contribution in [0.3, 0.4) is 0 Å². The predicted octanol–water partition coefficient (Wildman–Crippen LogP) is 6.33. The fourth-order valence-corrected chi connectivity index (χ4v) is 3.54. The largest absolute Gasteiger partial charge is 0.495 e. The number of rotatable bonds is 4. The second-order valence-electron chi connectivity index (χ2n) is 7.89. The highest BCUT2D eigenvalue weighted by atomic mass is 35.5. The Hall–Kier alpha value is -2.48. The summed E-state index contributed by atoms with van der Waals surface area (Å²) in [6.45, 7) is 9.75. The number of carbonyl (C=O) groups is 1. The molecule has 2 aromatic carbocycles. The van der Waals surface area contributed by atoms with Crippen LogP contribution in [0.2, 0.25) is 10.0 Å². The zero-order valence-electron chi connectivity index (χ0n) is 17.4. The first-order valence-corrected chi connectivity index (χ1v) is 9.82. The van der Waals surface area contributed by atoms with Crippen LogP contribution in [0.25, 0.3) is 5.57 Å². The van der Waals surface area contributed by atoms with E-state index in [1.54, 1.807) is 12.1 Å². The van der Waals surface area contributed by atoms with Crippen LogP contribution in [-0.2, 0) is 0 Å². The van der Waals surface area contributed by atoms with Gasteiger partial charge in [-0.3, -0.25) is 4.79 Å². The molecule has 6 heteroatoms. The monoisotopic (exact) mass is 430 g/mol. The second kappa shape index (κ2) is 8.90. The average Bonchev–Trinajstić information content (AvgIpc) is 2.62. The zero-order chi connectivity index (χ0) is 21.9. The van der Waals surface area contributed by atoms with Gasteiger partial charge in [-0.25, -0.2) is 0 Å². The van der Waals surface area contributed by atoms with E-state index >= 15 is 0 Å². The first-order chi connectivity index (χ1) is 13.5. The molecule has 0 saturated carbocycles. The highest BCUT2D eigenvalue weighted by Crippen LogP contribution is 2.36. The lowest BCUT2D eigenvalue weighted by Gasteiger charge is -2.26. The smallest absolute Gasteiger partial charge is 0.257 e. The molecule has 0 aliphatic heterocycles. The summed E-state index contributed by atoms with van der Waals surface area (Å²) < 4.78 is 5.13. The molecule has 152 valence electrons. The first-order valence-electron chi connectivity index (χ1n) is 9.06. The van der Waals surface area contributed by atoms with E-state index in [9.17, 15) is 10.1 Å². The molecule has 0 heterocycles. The molecule has 0 aliphatic carbocycles. The molecule has 29 heavy (non-hydrogen) atoms. The molecule has 0 bridgehead atoms. The number of allylic oxidation sites excluding steroid dienone is 2. The zero-order valence-corrected chi connectivity index (χ0v) is 18.9. The Morgan fingerprint density at radius 2 is 1.66 bits per heavy atom. The van der Waals surface area contributed by atoms with Gasteiger partial charge in [-0.1, -0.05) is 73.3 Å². The SMILES string of the molecule is COc1ccc(C(=O)NC(=C(C#N)c2cc(C)cc(C)c2)C(C)(C)C)c(Cl)c1Cl. The van der Waals surface area contributed by atoms with Gasteiger partial charge >= 0.3 is 0 Å². The van der Waals surface area contributed by atoms with Crippen LogP contribution < -0.4 is 10.1 Å². The van der Waals surface area contributed by atoms with Gasteiger partial charge in [0, 0.05) is 11.1 Å². The number of aryl methyl sites for hydroxylation is 2. The summed E-state index contributed by atoms with van der Waals surface area (Å²) in [5, 5.41) is 13.1. The second-order valence-corrected chi connectivity index (χ2v) is 8.64. The van der Waals surface area contributed by atoms with Crippen molar-refractivity contribution in [2.45, 2.75) is 34.6 Å². The summed E-state index contributed by atoms with van der Waals surface area (Å²) in [5.74, 6) is -0.0608. The van der Waals surface area contributed by atoms with Gasteiger partial charge in [-0.05, 0) is 31.5 Å². The first kappa shape index (κ1) is 22.8. The van der Waals surface area contributed by atoms with Crippen molar-refractivity contribution in [3.05, 3.63) is 68.3 Å². The van der Waals surface area contributed by atoms with Crippen LogP contribution in [0.4, 0.5) is 0 Å². The summed E-state index contributed by atoms with van der Waals surface area (Å²) in [6.07, 6.45) is 0. The molecule has 4 nitrogen and oxygen atoms in total. The van der Waals surface area contributed by atoms with E-state index < -0.39 is 11.3 Å². The lowest BCUT2D eigenvalue weighted by atomic mass is 9.86. The number of hydrogen-bond acceptors (Lipinski definition) is 3. The minimum Gasteiger partial charge on any atom is -0.495 e. The molecule has 0 aliphatic rings. The van der Waals surface area contributed by atoms with Crippen LogP contribution in [-0.4, -0.2) is 13.0 Å². The van der Waals surface area contributed by atoms with Gasteiger partial charge in [-0.15, -0.1) is 0 Å². The number of amides is 1. The number of nitriles is 1. The molecule has 0 aromatic heterocycles. The maximum Gasteiger partial charge on any atom is 0.257 e. The van der Waals surface area contributed by atoms with E-state index in [0.29, 0.717) is 17.0 Å². The van der Waals surface area contributed by atoms with Crippen LogP contribution in [0, 0.1) is 30.6 Å². The van der Waals surface area contributed by atoms with E-state index in [-0.39, 0.29) is 15.6 Å². The fraction of sp³-hybridized carbons (Fsp3) is 0.304. The molecule has 0 saturated heterocycles. The Morgan fingerprint density at radius 3 is 2.14 bits per heavy atom. The standard InChI is InChI=1S/C23H24Cl2N2O2/c1-13-9-14(2)11-15(10-13)17(12-26)21(23(3,4)5)27-22(28)16-7-8-18(29-6)20(25)19(16)24/h7-11H,1-6H3,(H,27,28). The van der Waals surface area contributed by atoms with Gasteiger partial charge in [0.05, 0.1) is 23.3 Å². The third-order valence-corrected chi connectivity index (χ3v) is 5.24. The molecule has 0 spiro atoms. The molecule has 0 unspecified atom stereocenters. The Kier molecular flexibility index (Phi) is 7.00. The van der Waals surface area contributed by atoms with Gasteiger partial charge < -0.3 is 10.1 Å². The van der Waals surface area contributed by atoms with Crippen LogP contribution in [0.15, 0.2) is 36.0 Å². The van der Waals surface area contributed by atoms with Crippen molar-refractivity contribution in [3.8, 4) is 11.8 Å².